The number of aliphatic hydroxyl groups is 1. The molecular formula is C26H31N3O2. The zero-order chi connectivity index (χ0) is 20.9. The van der Waals surface area contributed by atoms with Crippen LogP contribution in [0.5, 0.6) is 0 Å². The maximum Gasteiger partial charge on any atom is 0.250 e. The summed E-state index contributed by atoms with van der Waals surface area (Å²) < 4.78 is 4.37. The molecule has 0 spiro atoms. The minimum atomic E-state index is -0.390. The molecule has 1 fully saturated rings. The Morgan fingerprint density at radius 2 is 1.84 bits per heavy atom. The van der Waals surface area contributed by atoms with Gasteiger partial charge >= 0.3 is 0 Å². The number of hydrogen-bond acceptors (Lipinski definition) is 3. The van der Waals surface area contributed by atoms with Crippen LogP contribution in [0.1, 0.15) is 42.1 Å². The molecule has 1 aromatic carbocycles. The maximum absolute atomic E-state index is 12.3. The number of likely N-dealkylation sites (tertiary alicyclic amines) is 1. The molecule has 2 aliphatic heterocycles. The lowest BCUT2D eigenvalue weighted by Crippen LogP contribution is -2.49. The number of aliphatic hydroxyl groups excluding tert-OH is 1. The van der Waals surface area contributed by atoms with E-state index in [1.54, 1.807) is 6.07 Å². The van der Waals surface area contributed by atoms with Crippen molar-refractivity contribution in [2.75, 3.05) is 19.6 Å². The zero-order valence-corrected chi connectivity index (χ0v) is 18.0. The van der Waals surface area contributed by atoms with Crippen LogP contribution >= 0.6 is 0 Å². The summed E-state index contributed by atoms with van der Waals surface area (Å²) in [5.41, 5.74) is 5.52. The van der Waals surface area contributed by atoms with Gasteiger partial charge in [0, 0.05) is 60.5 Å². The second kappa shape index (κ2) is 7.64. The lowest BCUT2D eigenvalue weighted by molar-refractivity contribution is 0.0549. The topological polar surface area (TPSA) is 50.4 Å². The van der Waals surface area contributed by atoms with Gasteiger partial charge in [-0.15, -0.1) is 0 Å². The van der Waals surface area contributed by atoms with Gasteiger partial charge in [-0.25, -0.2) is 0 Å². The monoisotopic (exact) mass is 417 g/mol. The minimum absolute atomic E-state index is 0.130. The number of rotatable bonds is 4. The van der Waals surface area contributed by atoms with Gasteiger partial charge < -0.3 is 14.2 Å². The number of nitrogens with zero attached hydrogens (tertiary/aromatic N) is 3. The summed E-state index contributed by atoms with van der Waals surface area (Å²) in [6.45, 7) is 4.08. The fourth-order valence-corrected chi connectivity index (χ4v) is 6.51. The zero-order valence-electron chi connectivity index (χ0n) is 18.0. The van der Waals surface area contributed by atoms with Crippen LogP contribution in [0.3, 0.4) is 0 Å². The molecule has 1 aliphatic carbocycles. The van der Waals surface area contributed by atoms with E-state index in [0.717, 1.165) is 38.9 Å². The van der Waals surface area contributed by atoms with Gasteiger partial charge in [-0.1, -0.05) is 24.3 Å². The van der Waals surface area contributed by atoms with Crippen molar-refractivity contribution in [3.05, 3.63) is 69.8 Å². The van der Waals surface area contributed by atoms with E-state index in [1.807, 2.05) is 10.6 Å². The Hall–Kier alpha value is -2.37. The molecule has 3 aromatic rings. The van der Waals surface area contributed by atoms with Crippen molar-refractivity contribution in [3.8, 4) is 0 Å². The molecule has 162 valence electrons. The Labute approximate surface area is 182 Å². The molecule has 1 N–H and O–H groups in total. The van der Waals surface area contributed by atoms with E-state index in [4.69, 9.17) is 0 Å². The highest BCUT2D eigenvalue weighted by atomic mass is 16.3. The predicted molar refractivity (Wildman–Crippen MR) is 123 cm³/mol. The molecule has 5 nitrogen and oxygen atoms in total. The van der Waals surface area contributed by atoms with E-state index < -0.39 is 6.10 Å². The van der Waals surface area contributed by atoms with Gasteiger partial charge in [-0.3, -0.25) is 9.69 Å². The predicted octanol–water partition coefficient (Wildman–Crippen LogP) is 3.16. The molecule has 0 radical (unpaired) electrons. The third-order valence-electron chi connectivity index (χ3n) is 7.70. The van der Waals surface area contributed by atoms with Gasteiger partial charge in [-0.05, 0) is 55.7 Å². The van der Waals surface area contributed by atoms with Gasteiger partial charge in [0.25, 0.3) is 5.56 Å². The molecule has 4 heterocycles. The standard InChI is InChI=1S/C26H31N3O2/c30-20(17-28-24-8-3-1-6-21(24)22-7-2-4-9-25(22)28)16-27-13-18-12-19(15-27)23-10-5-11-26(31)29(23)14-18/h1,3,5-6,8,10-11,18-20,30H,2,4,7,9,12-17H2/t18-,19-,20-/m1/s1. The second-order valence-corrected chi connectivity index (χ2v) is 9.83. The van der Waals surface area contributed by atoms with Crippen LogP contribution in [0.15, 0.2) is 47.3 Å². The first-order chi connectivity index (χ1) is 15.2. The molecule has 2 bridgehead atoms. The fraction of sp³-hybridized carbons (Fsp3) is 0.500. The van der Waals surface area contributed by atoms with E-state index >= 15 is 0 Å². The van der Waals surface area contributed by atoms with Gasteiger partial charge in [0.05, 0.1) is 12.6 Å². The summed E-state index contributed by atoms with van der Waals surface area (Å²) in [5, 5.41) is 12.5. The number of pyridine rings is 1. The van der Waals surface area contributed by atoms with Crippen molar-refractivity contribution in [1.82, 2.24) is 14.0 Å². The van der Waals surface area contributed by atoms with Crippen molar-refractivity contribution in [1.29, 1.82) is 0 Å². The second-order valence-electron chi connectivity index (χ2n) is 9.83. The van der Waals surface area contributed by atoms with Crippen LogP contribution < -0.4 is 5.56 Å². The first-order valence-electron chi connectivity index (χ1n) is 11.9. The lowest BCUT2D eigenvalue weighted by Gasteiger charge is -2.43. The first kappa shape index (κ1) is 19.3. The van der Waals surface area contributed by atoms with Crippen LogP contribution in [-0.4, -0.2) is 44.9 Å². The molecule has 6 rings (SSSR count). The Bertz CT molecular complexity index is 1180. The molecule has 1 saturated heterocycles. The Balaban J connectivity index is 1.21. The number of aryl methyl sites for hydroxylation is 1. The molecular weight excluding hydrogens is 386 g/mol. The number of benzene rings is 1. The third-order valence-corrected chi connectivity index (χ3v) is 7.70. The molecule has 31 heavy (non-hydrogen) atoms. The third kappa shape index (κ3) is 3.35. The average Bonchev–Trinajstić information content (AvgIpc) is 3.08. The number of hydrogen-bond donors (Lipinski definition) is 1. The van der Waals surface area contributed by atoms with E-state index in [0.29, 0.717) is 24.9 Å². The minimum Gasteiger partial charge on any atom is -0.390 e. The summed E-state index contributed by atoms with van der Waals surface area (Å²) >= 11 is 0. The molecule has 2 aromatic heterocycles. The summed E-state index contributed by atoms with van der Waals surface area (Å²) in [7, 11) is 0. The largest absolute Gasteiger partial charge is 0.390 e. The van der Waals surface area contributed by atoms with Gasteiger partial charge in [0.1, 0.15) is 0 Å². The van der Waals surface area contributed by atoms with Gasteiger partial charge in [-0.2, -0.15) is 0 Å². The molecule has 0 unspecified atom stereocenters. The molecule has 0 saturated carbocycles. The van der Waals surface area contributed by atoms with Crippen molar-refractivity contribution in [2.24, 2.45) is 5.92 Å². The van der Waals surface area contributed by atoms with E-state index in [9.17, 15) is 9.90 Å². The fourth-order valence-electron chi connectivity index (χ4n) is 6.51. The molecule has 0 amide bonds. The van der Waals surface area contributed by atoms with Crippen molar-refractivity contribution in [3.63, 3.8) is 0 Å². The van der Waals surface area contributed by atoms with Crippen LogP contribution in [0.25, 0.3) is 10.9 Å². The van der Waals surface area contributed by atoms with Crippen molar-refractivity contribution >= 4 is 10.9 Å². The van der Waals surface area contributed by atoms with Gasteiger partial charge in [0.2, 0.25) is 0 Å². The molecule has 5 heteroatoms. The Morgan fingerprint density at radius 3 is 2.77 bits per heavy atom. The number of para-hydroxylation sites is 1. The summed E-state index contributed by atoms with van der Waals surface area (Å²) in [6, 6.07) is 14.4. The smallest absolute Gasteiger partial charge is 0.250 e. The molecule has 3 atom stereocenters. The van der Waals surface area contributed by atoms with Gasteiger partial charge in [0.15, 0.2) is 0 Å². The van der Waals surface area contributed by atoms with Crippen molar-refractivity contribution < 1.29 is 5.11 Å². The Kier molecular flexibility index (Phi) is 4.77. The van der Waals surface area contributed by atoms with E-state index in [2.05, 4.69) is 39.8 Å². The van der Waals surface area contributed by atoms with Crippen LogP contribution in [0.4, 0.5) is 0 Å². The average molecular weight is 418 g/mol. The van der Waals surface area contributed by atoms with E-state index in [1.165, 1.54) is 40.7 Å². The van der Waals surface area contributed by atoms with Crippen molar-refractivity contribution in [2.45, 2.75) is 57.2 Å². The van der Waals surface area contributed by atoms with Crippen LogP contribution in [-0.2, 0) is 25.9 Å². The van der Waals surface area contributed by atoms with Crippen LogP contribution in [0, 0.1) is 5.92 Å². The summed E-state index contributed by atoms with van der Waals surface area (Å²) in [4.78, 5) is 14.7. The number of fused-ring (bicyclic) bond motifs is 7. The van der Waals surface area contributed by atoms with E-state index in [-0.39, 0.29) is 5.56 Å². The summed E-state index contributed by atoms with van der Waals surface area (Å²) in [6.07, 6.45) is 5.56. The normalized spacial score (nSPS) is 24.0. The first-order valence-corrected chi connectivity index (χ1v) is 11.9. The number of piperidine rings is 1. The highest BCUT2D eigenvalue weighted by Crippen LogP contribution is 2.35. The van der Waals surface area contributed by atoms with Crippen LogP contribution in [0.2, 0.25) is 0 Å². The molecule has 3 aliphatic rings. The number of aromatic nitrogens is 2. The quantitative estimate of drug-likeness (QED) is 0.710. The summed E-state index contributed by atoms with van der Waals surface area (Å²) in [5.74, 6) is 0.896. The Morgan fingerprint density at radius 1 is 0.968 bits per heavy atom. The highest BCUT2D eigenvalue weighted by Gasteiger charge is 2.35. The highest BCUT2D eigenvalue weighted by molar-refractivity contribution is 5.85. The lowest BCUT2D eigenvalue weighted by atomic mass is 9.83. The number of β-amino-alcohol motifs (C(OH)–C–C–N with tert-alkyl or cyclic N) is 1. The SMILES string of the molecule is O=c1cccc2n1C[C@@H]1C[C@@H]2CN(C[C@@H](O)Cn2c3c(c4ccccc42)CCCC3)C1. The maximum atomic E-state index is 12.3.